The molecule has 0 radical (unpaired) electrons. The van der Waals surface area contributed by atoms with Gasteiger partial charge in [-0.2, -0.15) is 0 Å². The van der Waals surface area contributed by atoms with Gasteiger partial charge in [-0.3, -0.25) is 4.79 Å². The zero-order valence-electron chi connectivity index (χ0n) is 14.5. The second kappa shape index (κ2) is 3.75. The standard InChI is InChI=1S/C21H28O3/c1-24-19(22)20-15-7-12(9-3-2-4-10(9)15)18-13-8-16(20)11-5-6-14(17(11)13)21(18,20)23/h9-18,23H,2-8H2,1H3/t9-,10-,11+,12+,13+,14+,15+,16-,17+,18-,20-,21+/m0/s1. The molecule has 7 saturated carbocycles. The largest absolute Gasteiger partial charge is 0.468 e. The summed E-state index contributed by atoms with van der Waals surface area (Å²) in [6.07, 6.45) is 8.86. The van der Waals surface area contributed by atoms with Crippen molar-refractivity contribution in [2.45, 2.75) is 50.5 Å². The van der Waals surface area contributed by atoms with Crippen molar-refractivity contribution in [3.63, 3.8) is 0 Å². The number of carbonyl (C=O) groups is 1. The van der Waals surface area contributed by atoms with Crippen molar-refractivity contribution in [3.8, 4) is 0 Å². The first kappa shape index (κ1) is 13.6. The molecule has 0 amide bonds. The van der Waals surface area contributed by atoms with E-state index in [-0.39, 0.29) is 5.97 Å². The van der Waals surface area contributed by atoms with Crippen LogP contribution in [0.1, 0.15) is 44.9 Å². The fourth-order valence-corrected chi connectivity index (χ4v) is 11.1. The van der Waals surface area contributed by atoms with Crippen LogP contribution >= 0.6 is 0 Å². The summed E-state index contributed by atoms with van der Waals surface area (Å²) >= 11 is 0. The van der Waals surface area contributed by atoms with Gasteiger partial charge in [-0.05, 0) is 97.7 Å². The van der Waals surface area contributed by atoms with Crippen LogP contribution in [0.5, 0.6) is 0 Å². The average molecular weight is 328 g/mol. The van der Waals surface area contributed by atoms with Gasteiger partial charge in [-0.25, -0.2) is 0 Å². The van der Waals surface area contributed by atoms with Gasteiger partial charge >= 0.3 is 5.97 Å². The van der Waals surface area contributed by atoms with Gasteiger partial charge < -0.3 is 9.84 Å². The van der Waals surface area contributed by atoms with Crippen LogP contribution in [0.4, 0.5) is 0 Å². The molecule has 7 aliphatic carbocycles. The quantitative estimate of drug-likeness (QED) is 0.753. The molecule has 24 heavy (non-hydrogen) atoms. The lowest BCUT2D eigenvalue weighted by Crippen LogP contribution is -2.71. The number of fused-ring (bicyclic) bond motifs is 4. The molecular weight excluding hydrogens is 300 g/mol. The number of esters is 1. The van der Waals surface area contributed by atoms with Gasteiger partial charge in [0, 0.05) is 0 Å². The maximum Gasteiger partial charge on any atom is 0.315 e. The summed E-state index contributed by atoms with van der Waals surface area (Å²) in [5, 5.41) is 12.4. The normalized spacial score (nSPS) is 69.4. The van der Waals surface area contributed by atoms with Crippen LogP contribution in [-0.2, 0) is 9.53 Å². The molecular formula is C21H28O3. The van der Waals surface area contributed by atoms with Crippen molar-refractivity contribution >= 4 is 5.97 Å². The molecule has 0 aromatic carbocycles. The van der Waals surface area contributed by atoms with E-state index in [2.05, 4.69) is 0 Å². The monoisotopic (exact) mass is 328 g/mol. The fourth-order valence-electron chi connectivity index (χ4n) is 11.1. The molecule has 0 aromatic heterocycles. The second-order valence-corrected chi connectivity index (χ2v) is 10.4. The first-order valence-electron chi connectivity index (χ1n) is 10.5. The molecule has 0 spiro atoms. The van der Waals surface area contributed by atoms with Gasteiger partial charge in [0.1, 0.15) is 5.41 Å². The molecule has 7 aliphatic rings. The number of carbonyl (C=O) groups excluding carboxylic acids is 1. The molecule has 0 saturated heterocycles. The molecule has 130 valence electrons. The van der Waals surface area contributed by atoms with E-state index < -0.39 is 11.0 Å². The Balaban J connectivity index is 1.55. The van der Waals surface area contributed by atoms with Crippen molar-refractivity contribution in [2.24, 2.45) is 64.6 Å². The summed E-state index contributed by atoms with van der Waals surface area (Å²) in [6, 6.07) is 0. The SMILES string of the molecule is COC(=O)[C@]12[C@@H]3C[C@H]([C@H]4CCC[C@@H]43)[C@H]3[C@@H]4C[C@H]1[C@H]1CC[C@H]([C@@H]41)[C@@]32O. The van der Waals surface area contributed by atoms with Gasteiger partial charge in [-0.1, -0.05) is 6.42 Å². The van der Waals surface area contributed by atoms with Gasteiger partial charge in [0.05, 0.1) is 12.7 Å². The van der Waals surface area contributed by atoms with E-state index in [9.17, 15) is 9.90 Å². The lowest BCUT2D eigenvalue weighted by molar-refractivity contribution is -0.257. The Kier molecular flexibility index (Phi) is 2.12. The first-order chi connectivity index (χ1) is 11.7. The Morgan fingerprint density at radius 1 is 0.917 bits per heavy atom. The Morgan fingerprint density at radius 2 is 1.67 bits per heavy atom. The minimum atomic E-state index is -0.719. The highest BCUT2D eigenvalue weighted by Crippen LogP contribution is 2.86. The number of methoxy groups -OCH3 is 1. The minimum absolute atomic E-state index is 0.0216. The molecule has 3 nitrogen and oxygen atoms in total. The predicted molar refractivity (Wildman–Crippen MR) is 86.6 cm³/mol. The molecule has 0 unspecified atom stereocenters. The van der Waals surface area contributed by atoms with E-state index in [1.807, 2.05) is 0 Å². The van der Waals surface area contributed by atoms with E-state index in [0.29, 0.717) is 41.4 Å². The van der Waals surface area contributed by atoms with Crippen LogP contribution in [0.25, 0.3) is 0 Å². The fraction of sp³-hybridized carbons (Fsp3) is 0.952. The van der Waals surface area contributed by atoms with Crippen molar-refractivity contribution < 1.29 is 14.6 Å². The van der Waals surface area contributed by atoms with Crippen LogP contribution in [0, 0.1) is 64.6 Å². The summed E-state index contributed by atoms with van der Waals surface area (Å²) in [6.45, 7) is 0. The lowest BCUT2D eigenvalue weighted by Gasteiger charge is -2.63. The van der Waals surface area contributed by atoms with Crippen molar-refractivity contribution in [1.29, 1.82) is 0 Å². The third-order valence-corrected chi connectivity index (χ3v) is 10.9. The molecule has 3 heteroatoms. The number of rotatable bonds is 1. The Bertz CT molecular complexity index is 659. The third kappa shape index (κ3) is 0.982. The third-order valence-electron chi connectivity index (χ3n) is 10.9. The zero-order valence-corrected chi connectivity index (χ0v) is 14.5. The Hall–Kier alpha value is -0.570. The van der Waals surface area contributed by atoms with Gasteiger partial charge in [0.2, 0.25) is 0 Å². The molecule has 7 fully saturated rings. The Morgan fingerprint density at radius 3 is 2.50 bits per heavy atom. The van der Waals surface area contributed by atoms with Crippen LogP contribution in [0.15, 0.2) is 0 Å². The lowest BCUT2D eigenvalue weighted by atomic mass is 9.42. The van der Waals surface area contributed by atoms with Gasteiger partial charge in [0.25, 0.3) is 0 Å². The maximum absolute atomic E-state index is 13.4. The number of ether oxygens (including phenoxy) is 1. The van der Waals surface area contributed by atoms with E-state index in [4.69, 9.17) is 4.74 Å². The predicted octanol–water partition coefficient (Wildman–Crippen LogP) is 2.86. The second-order valence-electron chi connectivity index (χ2n) is 10.4. The molecule has 7 bridgehead atoms. The molecule has 0 aromatic rings. The van der Waals surface area contributed by atoms with Gasteiger partial charge in [0.15, 0.2) is 0 Å². The van der Waals surface area contributed by atoms with Gasteiger partial charge in [-0.15, -0.1) is 0 Å². The molecule has 12 atom stereocenters. The number of aliphatic hydroxyl groups is 1. The first-order valence-corrected chi connectivity index (χ1v) is 10.5. The van der Waals surface area contributed by atoms with Crippen LogP contribution < -0.4 is 0 Å². The summed E-state index contributed by atoms with van der Waals surface area (Å²) in [7, 11) is 1.57. The molecule has 0 aliphatic heterocycles. The summed E-state index contributed by atoms with van der Waals surface area (Å²) in [4.78, 5) is 13.4. The topological polar surface area (TPSA) is 46.5 Å². The molecule has 7 rings (SSSR count). The highest BCUT2D eigenvalue weighted by molar-refractivity contribution is 5.81. The summed E-state index contributed by atoms with van der Waals surface area (Å²) in [5.41, 5.74) is -1.26. The van der Waals surface area contributed by atoms with Crippen molar-refractivity contribution in [3.05, 3.63) is 0 Å². The smallest absolute Gasteiger partial charge is 0.315 e. The molecule has 1 N–H and O–H groups in total. The van der Waals surface area contributed by atoms with Crippen LogP contribution in [0.2, 0.25) is 0 Å². The van der Waals surface area contributed by atoms with E-state index in [1.165, 1.54) is 44.9 Å². The average Bonchev–Trinajstić information content (AvgIpc) is 3.30. The van der Waals surface area contributed by atoms with E-state index in [0.717, 1.165) is 17.8 Å². The molecule has 0 heterocycles. The zero-order chi connectivity index (χ0) is 16.0. The van der Waals surface area contributed by atoms with Crippen molar-refractivity contribution in [2.75, 3.05) is 7.11 Å². The van der Waals surface area contributed by atoms with E-state index >= 15 is 0 Å². The number of hydrogen-bond acceptors (Lipinski definition) is 3. The highest BCUT2D eigenvalue weighted by Gasteiger charge is 2.89. The van der Waals surface area contributed by atoms with E-state index in [1.54, 1.807) is 7.11 Å². The summed E-state index contributed by atoms with van der Waals surface area (Å²) in [5.74, 6) is 6.01. The van der Waals surface area contributed by atoms with Crippen molar-refractivity contribution in [1.82, 2.24) is 0 Å². The summed E-state index contributed by atoms with van der Waals surface area (Å²) < 4.78 is 5.50. The minimum Gasteiger partial charge on any atom is -0.468 e. The Labute approximate surface area is 143 Å². The van der Waals surface area contributed by atoms with Crippen LogP contribution in [-0.4, -0.2) is 23.8 Å². The van der Waals surface area contributed by atoms with Crippen LogP contribution in [0.3, 0.4) is 0 Å². The number of hydrogen-bond donors (Lipinski definition) is 1. The maximum atomic E-state index is 13.4. The highest BCUT2D eigenvalue weighted by atomic mass is 16.5.